The number of hydrogen-bond acceptors (Lipinski definition) is 3. The minimum Gasteiger partial charge on any atom is -0.366 e. The maximum absolute atomic E-state index is 12.6. The maximum atomic E-state index is 12.6. The summed E-state index contributed by atoms with van der Waals surface area (Å²) in [4.78, 5) is 14.4. The van der Waals surface area contributed by atoms with Crippen LogP contribution in [0.4, 0.5) is 10.5 Å². The number of nitrogens with zero attached hydrogens (tertiary/aromatic N) is 3. The van der Waals surface area contributed by atoms with Crippen LogP contribution in [0.25, 0.3) is 0 Å². The van der Waals surface area contributed by atoms with Gasteiger partial charge in [0, 0.05) is 6.20 Å². The van der Waals surface area contributed by atoms with Crippen LogP contribution in [0, 0.1) is 5.92 Å². The average Bonchev–Trinajstić information content (AvgIpc) is 3.15. The number of nitrogens with one attached hydrogen (secondary N) is 1. The molecule has 2 amide bonds. The number of aromatic nitrogens is 2. The predicted molar refractivity (Wildman–Crippen MR) is 89.5 cm³/mol. The molecule has 0 radical (unpaired) electrons. The van der Waals surface area contributed by atoms with Crippen LogP contribution in [0.15, 0.2) is 12.4 Å². The molecule has 1 saturated carbocycles. The van der Waals surface area contributed by atoms with Gasteiger partial charge in [0.05, 0.1) is 42.2 Å². The summed E-state index contributed by atoms with van der Waals surface area (Å²) in [6, 6.07) is 0.315. The molecule has 128 valence electrons. The normalized spacial score (nSPS) is 24.3. The minimum atomic E-state index is -0.343. The Labute approximate surface area is 138 Å². The fourth-order valence-electron chi connectivity index (χ4n) is 3.55. The SMILES string of the molecule is CC(C1CC1)n1cc(NC(=O)N2CC(C)(C)OC(C)(C)C2)cn1. The first-order valence-corrected chi connectivity index (χ1v) is 8.45. The van der Waals surface area contributed by atoms with Crippen molar-refractivity contribution in [1.29, 1.82) is 0 Å². The standard InChI is InChI=1S/C17H28N4O2/c1-12(13-6-7-13)21-9-14(8-18-21)19-15(22)20-10-16(2,3)23-17(4,5)11-20/h8-9,12-13H,6-7,10-11H2,1-5H3,(H,19,22). The van der Waals surface area contributed by atoms with Crippen molar-refractivity contribution in [2.45, 2.75) is 64.7 Å². The smallest absolute Gasteiger partial charge is 0.322 e. The summed E-state index contributed by atoms with van der Waals surface area (Å²) in [5.74, 6) is 0.735. The highest BCUT2D eigenvalue weighted by Crippen LogP contribution is 2.39. The third-order valence-corrected chi connectivity index (χ3v) is 4.56. The molecule has 6 heteroatoms. The molecule has 1 aromatic heterocycles. The molecule has 23 heavy (non-hydrogen) atoms. The van der Waals surface area contributed by atoms with Crippen LogP contribution < -0.4 is 5.32 Å². The third kappa shape index (κ3) is 3.86. The Kier molecular flexibility index (Phi) is 3.91. The number of amides is 2. The van der Waals surface area contributed by atoms with E-state index in [-0.39, 0.29) is 17.2 Å². The summed E-state index contributed by atoms with van der Waals surface area (Å²) in [6.07, 6.45) is 6.21. The summed E-state index contributed by atoms with van der Waals surface area (Å²) in [7, 11) is 0. The highest BCUT2D eigenvalue weighted by molar-refractivity contribution is 5.89. The van der Waals surface area contributed by atoms with E-state index < -0.39 is 0 Å². The number of carbonyl (C=O) groups excluding carboxylic acids is 1. The fourth-order valence-corrected chi connectivity index (χ4v) is 3.55. The van der Waals surface area contributed by atoms with Crippen molar-refractivity contribution in [3.8, 4) is 0 Å². The van der Waals surface area contributed by atoms with Crippen LogP contribution >= 0.6 is 0 Å². The highest BCUT2D eigenvalue weighted by atomic mass is 16.5. The number of morpholine rings is 1. The van der Waals surface area contributed by atoms with Crippen LogP contribution in [-0.2, 0) is 4.74 Å². The van der Waals surface area contributed by atoms with Gasteiger partial charge in [-0.3, -0.25) is 4.68 Å². The monoisotopic (exact) mass is 320 g/mol. The summed E-state index contributed by atoms with van der Waals surface area (Å²) in [6.45, 7) is 11.4. The molecule has 2 aliphatic rings. The van der Waals surface area contributed by atoms with Crippen LogP contribution in [0.2, 0.25) is 0 Å². The van der Waals surface area contributed by atoms with Crippen molar-refractivity contribution in [1.82, 2.24) is 14.7 Å². The Morgan fingerprint density at radius 1 is 1.30 bits per heavy atom. The fraction of sp³-hybridized carbons (Fsp3) is 0.765. The molecule has 2 fully saturated rings. The lowest BCUT2D eigenvalue weighted by molar-refractivity contribution is -0.169. The zero-order valence-electron chi connectivity index (χ0n) is 14.8. The molecule has 1 saturated heterocycles. The lowest BCUT2D eigenvalue weighted by atomic mass is 9.99. The van der Waals surface area contributed by atoms with Crippen molar-refractivity contribution < 1.29 is 9.53 Å². The maximum Gasteiger partial charge on any atom is 0.322 e. The molecule has 1 aromatic rings. The van der Waals surface area contributed by atoms with Gasteiger partial charge in [0.1, 0.15) is 0 Å². The molecule has 0 spiro atoms. The third-order valence-electron chi connectivity index (χ3n) is 4.56. The molecule has 0 aromatic carbocycles. The first kappa shape index (κ1) is 16.3. The van der Waals surface area contributed by atoms with Crippen LogP contribution in [0.3, 0.4) is 0 Å². The number of anilines is 1. The van der Waals surface area contributed by atoms with Gasteiger partial charge in [0.2, 0.25) is 0 Å². The van der Waals surface area contributed by atoms with Gasteiger partial charge in [-0.1, -0.05) is 0 Å². The van der Waals surface area contributed by atoms with Crippen molar-refractivity contribution >= 4 is 11.7 Å². The van der Waals surface area contributed by atoms with E-state index in [9.17, 15) is 4.79 Å². The second-order valence-corrected chi connectivity index (χ2v) is 8.19. The molecule has 1 unspecified atom stereocenters. The molecular weight excluding hydrogens is 292 g/mol. The van der Waals surface area contributed by atoms with Crippen molar-refractivity contribution in [3.05, 3.63) is 12.4 Å². The number of urea groups is 1. The zero-order chi connectivity index (χ0) is 16.8. The van der Waals surface area contributed by atoms with E-state index in [1.807, 2.05) is 43.5 Å². The molecule has 1 N–H and O–H groups in total. The number of ether oxygens (including phenoxy) is 1. The van der Waals surface area contributed by atoms with E-state index in [1.54, 1.807) is 6.20 Å². The van der Waals surface area contributed by atoms with Crippen molar-refractivity contribution in [2.75, 3.05) is 18.4 Å². The first-order valence-electron chi connectivity index (χ1n) is 8.45. The summed E-state index contributed by atoms with van der Waals surface area (Å²) < 4.78 is 7.98. The van der Waals surface area contributed by atoms with E-state index in [1.165, 1.54) is 12.8 Å². The number of rotatable bonds is 3. The second-order valence-electron chi connectivity index (χ2n) is 8.19. The molecule has 1 aliphatic heterocycles. The van der Waals surface area contributed by atoms with Crippen LogP contribution in [-0.4, -0.2) is 45.0 Å². The van der Waals surface area contributed by atoms with Gasteiger partial charge < -0.3 is 15.0 Å². The van der Waals surface area contributed by atoms with Crippen LogP contribution in [0.5, 0.6) is 0 Å². The largest absolute Gasteiger partial charge is 0.366 e. The quantitative estimate of drug-likeness (QED) is 0.930. The van der Waals surface area contributed by atoms with Gasteiger partial charge in [0.15, 0.2) is 0 Å². The minimum absolute atomic E-state index is 0.0897. The topological polar surface area (TPSA) is 59.4 Å². The van der Waals surface area contributed by atoms with E-state index in [2.05, 4.69) is 17.3 Å². The van der Waals surface area contributed by atoms with Crippen molar-refractivity contribution in [2.24, 2.45) is 5.92 Å². The Morgan fingerprint density at radius 2 is 1.91 bits per heavy atom. The number of carbonyl (C=O) groups is 1. The highest BCUT2D eigenvalue weighted by Gasteiger charge is 2.40. The van der Waals surface area contributed by atoms with Gasteiger partial charge in [-0.25, -0.2) is 4.79 Å². The molecule has 0 bridgehead atoms. The van der Waals surface area contributed by atoms with Gasteiger partial charge in [-0.05, 0) is 53.4 Å². The van der Waals surface area contributed by atoms with Crippen LogP contribution in [0.1, 0.15) is 53.5 Å². The lowest BCUT2D eigenvalue weighted by Gasteiger charge is -2.46. The number of hydrogen-bond donors (Lipinski definition) is 1. The summed E-state index contributed by atoms with van der Waals surface area (Å²) in [5, 5.41) is 7.36. The zero-order valence-corrected chi connectivity index (χ0v) is 14.8. The van der Waals surface area contributed by atoms with Crippen molar-refractivity contribution in [3.63, 3.8) is 0 Å². The molecule has 1 aliphatic carbocycles. The Bertz CT molecular complexity index is 573. The Morgan fingerprint density at radius 3 is 2.48 bits per heavy atom. The lowest BCUT2D eigenvalue weighted by Crippen LogP contribution is -2.59. The summed E-state index contributed by atoms with van der Waals surface area (Å²) in [5.41, 5.74) is 0.0673. The average molecular weight is 320 g/mol. The molecule has 2 heterocycles. The van der Waals surface area contributed by atoms with Gasteiger partial charge in [-0.15, -0.1) is 0 Å². The molecule has 1 atom stereocenters. The molecule has 6 nitrogen and oxygen atoms in total. The van der Waals surface area contributed by atoms with E-state index in [0.717, 1.165) is 11.6 Å². The van der Waals surface area contributed by atoms with E-state index in [0.29, 0.717) is 19.1 Å². The van der Waals surface area contributed by atoms with E-state index >= 15 is 0 Å². The van der Waals surface area contributed by atoms with Gasteiger partial charge >= 0.3 is 6.03 Å². The Balaban J connectivity index is 1.64. The predicted octanol–water partition coefficient (Wildman–Crippen LogP) is 3.28. The molecular formula is C17H28N4O2. The van der Waals surface area contributed by atoms with E-state index in [4.69, 9.17) is 4.74 Å². The first-order chi connectivity index (χ1) is 10.7. The van der Waals surface area contributed by atoms with Gasteiger partial charge in [-0.2, -0.15) is 5.10 Å². The second kappa shape index (κ2) is 5.51. The van der Waals surface area contributed by atoms with Gasteiger partial charge in [0.25, 0.3) is 0 Å². The summed E-state index contributed by atoms with van der Waals surface area (Å²) >= 11 is 0. The molecule has 3 rings (SSSR count). The Hall–Kier alpha value is -1.56.